The Labute approximate surface area is 151 Å². The second-order valence-electron chi connectivity index (χ2n) is 6.11. The van der Waals surface area contributed by atoms with Gasteiger partial charge < -0.3 is 9.47 Å². The lowest BCUT2D eigenvalue weighted by Gasteiger charge is -2.17. The number of hydrogen-bond donors (Lipinski definition) is 0. The van der Waals surface area contributed by atoms with Crippen molar-refractivity contribution in [3.63, 3.8) is 0 Å². The second kappa shape index (κ2) is 6.71. The summed E-state index contributed by atoms with van der Waals surface area (Å²) in [5.74, 6) is -1.78. The number of carbonyl (C=O) groups is 1. The number of esters is 1. The van der Waals surface area contributed by atoms with Gasteiger partial charge >= 0.3 is 12.1 Å². The van der Waals surface area contributed by atoms with Gasteiger partial charge in [-0.3, -0.25) is 9.36 Å². The van der Waals surface area contributed by atoms with Crippen molar-refractivity contribution in [2.24, 2.45) is 0 Å². The molecular formula is C18H15F4NO4. The Balaban J connectivity index is 2.16. The summed E-state index contributed by atoms with van der Waals surface area (Å²) in [6, 6.07) is 2.85. The molecule has 0 amide bonds. The highest BCUT2D eigenvalue weighted by atomic mass is 19.4. The summed E-state index contributed by atoms with van der Waals surface area (Å²) in [7, 11) is 1.15. The van der Waals surface area contributed by atoms with E-state index in [0.717, 1.165) is 29.9 Å². The molecule has 144 valence electrons. The molecule has 1 aliphatic rings. The summed E-state index contributed by atoms with van der Waals surface area (Å²) in [4.78, 5) is 24.1. The highest BCUT2D eigenvalue weighted by molar-refractivity contribution is 5.75. The topological polar surface area (TPSA) is 57.5 Å². The van der Waals surface area contributed by atoms with Gasteiger partial charge in [0.25, 0.3) is 5.56 Å². The van der Waals surface area contributed by atoms with Gasteiger partial charge in [-0.15, -0.1) is 0 Å². The highest BCUT2D eigenvalue weighted by Crippen LogP contribution is 2.37. The van der Waals surface area contributed by atoms with Gasteiger partial charge in [-0.1, -0.05) is 6.07 Å². The van der Waals surface area contributed by atoms with Crippen molar-refractivity contribution in [2.45, 2.75) is 25.6 Å². The number of fused-ring (bicyclic) bond motifs is 1. The van der Waals surface area contributed by atoms with Crippen LogP contribution in [0.15, 0.2) is 29.1 Å². The number of alkyl halides is 3. The molecule has 3 rings (SSSR count). The Hall–Kier alpha value is -2.84. The maximum Gasteiger partial charge on any atom is 0.416 e. The molecule has 0 bridgehead atoms. The predicted octanol–water partition coefficient (Wildman–Crippen LogP) is 3.01. The van der Waals surface area contributed by atoms with E-state index in [4.69, 9.17) is 4.74 Å². The number of ether oxygens (including phenoxy) is 2. The normalized spacial score (nSPS) is 16.0. The monoisotopic (exact) mass is 385 g/mol. The van der Waals surface area contributed by atoms with E-state index in [9.17, 15) is 27.2 Å². The van der Waals surface area contributed by atoms with Gasteiger partial charge in [-0.2, -0.15) is 13.2 Å². The molecule has 1 aliphatic heterocycles. The van der Waals surface area contributed by atoms with Gasteiger partial charge in [-0.05, 0) is 24.6 Å². The second-order valence-corrected chi connectivity index (χ2v) is 6.11. The van der Waals surface area contributed by atoms with Crippen molar-refractivity contribution in [1.29, 1.82) is 0 Å². The zero-order valence-electron chi connectivity index (χ0n) is 14.4. The van der Waals surface area contributed by atoms with Crippen molar-refractivity contribution >= 4 is 5.97 Å². The number of halogens is 4. The van der Waals surface area contributed by atoms with E-state index < -0.39 is 47.1 Å². The van der Waals surface area contributed by atoms with E-state index in [1.165, 1.54) is 13.0 Å². The Morgan fingerprint density at radius 2 is 2.04 bits per heavy atom. The van der Waals surface area contributed by atoms with Gasteiger partial charge in [0.05, 0.1) is 12.7 Å². The maximum absolute atomic E-state index is 14.2. The number of nitrogens with zero attached hydrogens (tertiary/aromatic N) is 1. The lowest BCUT2D eigenvalue weighted by atomic mass is 9.96. The van der Waals surface area contributed by atoms with Crippen molar-refractivity contribution in [3.8, 4) is 5.88 Å². The first kappa shape index (κ1) is 18.9. The zero-order valence-corrected chi connectivity index (χ0v) is 14.4. The molecular weight excluding hydrogens is 370 g/mol. The number of carbonyl (C=O) groups excluding carboxylic acids is 1. The average molecular weight is 385 g/mol. The van der Waals surface area contributed by atoms with Crippen LogP contribution in [0.4, 0.5) is 17.6 Å². The summed E-state index contributed by atoms with van der Waals surface area (Å²) in [5, 5.41) is 0. The molecule has 5 nitrogen and oxygen atoms in total. The third-order valence-electron chi connectivity index (χ3n) is 4.47. The molecule has 0 N–H and O–H groups in total. The fraction of sp³-hybridized carbons (Fsp3) is 0.333. The first-order valence-corrected chi connectivity index (χ1v) is 7.95. The number of rotatable bonds is 3. The van der Waals surface area contributed by atoms with Gasteiger partial charge in [0.2, 0.25) is 5.88 Å². The number of aryl methyl sites for hydroxylation is 1. The van der Waals surface area contributed by atoms with Crippen LogP contribution in [0, 0.1) is 12.7 Å². The van der Waals surface area contributed by atoms with Crippen LogP contribution in [0.5, 0.6) is 5.88 Å². The van der Waals surface area contributed by atoms with Crippen molar-refractivity contribution in [1.82, 2.24) is 4.57 Å². The van der Waals surface area contributed by atoms with Crippen molar-refractivity contribution in [2.75, 3.05) is 13.7 Å². The van der Waals surface area contributed by atoms with Gasteiger partial charge in [-0.25, -0.2) is 9.18 Å². The largest absolute Gasteiger partial charge is 0.476 e. The molecule has 0 saturated carbocycles. The third kappa shape index (κ3) is 3.29. The first-order valence-electron chi connectivity index (χ1n) is 7.95. The fourth-order valence-corrected chi connectivity index (χ4v) is 3.15. The van der Waals surface area contributed by atoms with Crippen molar-refractivity contribution < 1.29 is 31.8 Å². The van der Waals surface area contributed by atoms with Gasteiger partial charge in [0, 0.05) is 23.6 Å². The highest BCUT2D eigenvalue weighted by Gasteiger charge is 2.37. The van der Waals surface area contributed by atoms with Crippen LogP contribution < -0.4 is 10.3 Å². The smallest absolute Gasteiger partial charge is 0.416 e. The maximum atomic E-state index is 14.2. The molecule has 0 saturated heterocycles. The Morgan fingerprint density at radius 1 is 1.33 bits per heavy atom. The van der Waals surface area contributed by atoms with Crippen molar-refractivity contribution in [3.05, 3.63) is 62.7 Å². The molecule has 1 atom stereocenters. The van der Waals surface area contributed by atoms with Gasteiger partial charge in [0.1, 0.15) is 12.4 Å². The van der Waals surface area contributed by atoms with Crippen LogP contribution in [-0.4, -0.2) is 24.3 Å². The SMILES string of the molecule is COC(=O)C1COc2c(Cc3c(F)cccc3C(F)(F)F)c(C)cc(=O)n21. The summed E-state index contributed by atoms with van der Waals surface area (Å²) in [5.41, 5.74) is -1.66. The lowest BCUT2D eigenvalue weighted by molar-refractivity contribution is -0.144. The summed E-state index contributed by atoms with van der Waals surface area (Å²) in [6.45, 7) is 1.32. The van der Waals surface area contributed by atoms with E-state index in [-0.39, 0.29) is 18.1 Å². The Kier molecular flexibility index (Phi) is 4.71. The standard InChI is InChI=1S/C18H15F4NO4/c1-9-6-15(24)23-14(17(25)26-2)8-27-16(23)10(9)7-11-12(18(20,21)22)4-3-5-13(11)19/h3-6,14H,7-8H2,1-2H3. The van der Waals surface area contributed by atoms with Crippen LogP contribution in [0.3, 0.4) is 0 Å². The molecule has 1 aromatic heterocycles. The van der Waals surface area contributed by atoms with Crippen LogP contribution >= 0.6 is 0 Å². The number of pyridine rings is 1. The molecule has 1 aromatic carbocycles. The molecule has 0 radical (unpaired) electrons. The van der Waals surface area contributed by atoms with Crippen LogP contribution in [0.2, 0.25) is 0 Å². The summed E-state index contributed by atoms with van der Waals surface area (Å²) >= 11 is 0. The van der Waals surface area contributed by atoms with E-state index in [1.807, 2.05) is 0 Å². The van der Waals surface area contributed by atoms with Crippen LogP contribution in [0.25, 0.3) is 0 Å². The van der Waals surface area contributed by atoms with E-state index in [2.05, 4.69) is 4.74 Å². The molecule has 9 heteroatoms. The minimum Gasteiger partial charge on any atom is -0.476 e. The summed E-state index contributed by atoms with van der Waals surface area (Å²) in [6.07, 6.45) is -5.19. The number of aromatic nitrogens is 1. The molecule has 2 aromatic rings. The number of methoxy groups -OCH3 is 1. The first-order chi connectivity index (χ1) is 12.6. The van der Waals surface area contributed by atoms with E-state index in [0.29, 0.717) is 5.56 Å². The fourth-order valence-electron chi connectivity index (χ4n) is 3.15. The predicted molar refractivity (Wildman–Crippen MR) is 86.2 cm³/mol. The lowest BCUT2D eigenvalue weighted by Crippen LogP contribution is -2.29. The number of hydrogen-bond acceptors (Lipinski definition) is 4. The summed E-state index contributed by atoms with van der Waals surface area (Å²) < 4.78 is 65.1. The molecule has 0 spiro atoms. The minimum atomic E-state index is -4.74. The Bertz CT molecular complexity index is 965. The quantitative estimate of drug-likeness (QED) is 0.602. The van der Waals surface area contributed by atoms with Crippen LogP contribution in [0.1, 0.15) is 28.3 Å². The molecule has 1 unspecified atom stereocenters. The van der Waals surface area contributed by atoms with Gasteiger partial charge in [0.15, 0.2) is 6.04 Å². The average Bonchev–Trinajstić information content (AvgIpc) is 3.03. The Morgan fingerprint density at radius 3 is 2.67 bits per heavy atom. The molecule has 2 heterocycles. The molecule has 27 heavy (non-hydrogen) atoms. The third-order valence-corrected chi connectivity index (χ3v) is 4.47. The minimum absolute atomic E-state index is 0.0493. The zero-order chi connectivity index (χ0) is 19.9. The molecule has 0 aliphatic carbocycles. The van der Waals surface area contributed by atoms with Crippen LogP contribution in [-0.2, 0) is 22.1 Å². The molecule has 0 fully saturated rings. The van der Waals surface area contributed by atoms with E-state index >= 15 is 0 Å². The van der Waals surface area contributed by atoms with E-state index in [1.54, 1.807) is 0 Å². The number of benzene rings is 1.